The molecule has 1 aromatic heterocycles. The summed E-state index contributed by atoms with van der Waals surface area (Å²) in [6, 6.07) is 7.97. The molecule has 0 saturated carbocycles. The number of para-hydroxylation sites is 2. The lowest BCUT2D eigenvalue weighted by Gasteiger charge is -2.17. The van der Waals surface area contributed by atoms with Gasteiger partial charge in [0.15, 0.2) is 0 Å². The predicted molar refractivity (Wildman–Crippen MR) is 106 cm³/mol. The Morgan fingerprint density at radius 1 is 1.03 bits per heavy atom. The third-order valence-electron chi connectivity index (χ3n) is 4.17. The second-order valence-corrected chi connectivity index (χ2v) is 6.16. The summed E-state index contributed by atoms with van der Waals surface area (Å²) in [6.45, 7) is 0. The molecule has 168 valence electrons. The van der Waals surface area contributed by atoms with Gasteiger partial charge >= 0.3 is 11.9 Å². The molecule has 2 N–H and O–H groups in total. The SMILES string of the molecule is COc1ccccc1Nc1ncc(C(F)(F)F)c(Nc2cc([N+](=O)[O-])c(F)cc2OC)n1. The number of halogens is 4. The number of methoxy groups -OCH3 is 2. The highest BCUT2D eigenvalue weighted by atomic mass is 19.4. The van der Waals surface area contributed by atoms with Gasteiger partial charge in [-0.05, 0) is 12.1 Å². The van der Waals surface area contributed by atoms with Gasteiger partial charge in [-0.25, -0.2) is 4.98 Å². The molecule has 0 unspecified atom stereocenters. The molecule has 0 atom stereocenters. The van der Waals surface area contributed by atoms with Crippen LogP contribution in [0.4, 0.5) is 46.4 Å². The van der Waals surface area contributed by atoms with E-state index in [4.69, 9.17) is 9.47 Å². The number of aromatic nitrogens is 2. The monoisotopic (exact) mass is 453 g/mol. The van der Waals surface area contributed by atoms with E-state index >= 15 is 0 Å². The molecule has 1 heterocycles. The van der Waals surface area contributed by atoms with Crippen LogP contribution in [-0.2, 0) is 6.18 Å². The summed E-state index contributed by atoms with van der Waals surface area (Å²) >= 11 is 0. The van der Waals surface area contributed by atoms with Crippen molar-refractivity contribution in [3.63, 3.8) is 0 Å². The summed E-state index contributed by atoms with van der Waals surface area (Å²) in [6.07, 6.45) is -4.32. The summed E-state index contributed by atoms with van der Waals surface area (Å²) in [4.78, 5) is 17.6. The van der Waals surface area contributed by atoms with E-state index in [2.05, 4.69) is 20.6 Å². The Labute approximate surface area is 178 Å². The average molecular weight is 453 g/mol. The summed E-state index contributed by atoms with van der Waals surface area (Å²) < 4.78 is 64.5. The van der Waals surface area contributed by atoms with E-state index in [0.29, 0.717) is 29.8 Å². The molecule has 3 aromatic rings. The highest BCUT2D eigenvalue weighted by Gasteiger charge is 2.36. The van der Waals surface area contributed by atoms with Crippen molar-refractivity contribution in [2.45, 2.75) is 6.18 Å². The molecule has 0 bridgehead atoms. The number of nitro benzene ring substituents is 1. The van der Waals surface area contributed by atoms with E-state index in [9.17, 15) is 27.7 Å². The lowest BCUT2D eigenvalue weighted by atomic mass is 10.2. The minimum atomic E-state index is -4.86. The van der Waals surface area contributed by atoms with Crippen LogP contribution >= 0.6 is 0 Å². The zero-order valence-corrected chi connectivity index (χ0v) is 16.5. The smallest absolute Gasteiger partial charge is 0.421 e. The first-order chi connectivity index (χ1) is 15.1. The molecule has 0 amide bonds. The highest BCUT2D eigenvalue weighted by molar-refractivity contribution is 5.71. The fourth-order valence-electron chi connectivity index (χ4n) is 2.69. The molecular weight excluding hydrogens is 438 g/mol. The molecular formula is C19H15F4N5O4. The first kappa shape index (κ1) is 22.5. The van der Waals surface area contributed by atoms with Crippen LogP contribution in [0.1, 0.15) is 5.56 Å². The number of nitrogens with zero attached hydrogens (tertiary/aromatic N) is 3. The molecule has 0 aliphatic heterocycles. The largest absolute Gasteiger partial charge is 0.495 e. The number of nitrogens with one attached hydrogen (secondary N) is 2. The van der Waals surface area contributed by atoms with Crippen LogP contribution in [0.15, 0.2) is 42.6 Å². The van der Waals surface area contributed by atoms with E-state index < -0.39 is 34.0 Å². The molecule has 0 fully saturated rings. The Balaban J connectivity index is 2.07. The first-order valence-electron chi connectivity index (χ1n) is 8.77. The van der Waals surface area contributed by atoms with E-state index in [0.717, 1.165) is 7.11 Å². The Kier molecular flexibility index (Phi) is 6.27. The topological polar surface area (TPSA) is 111 Å². The first-order valence-corrected chi connectivity index (χ1v) is 8.77. The number of rotatable bonds is 7. The van der Waals surface area contributed by atoms with Crippen LogP contribution in [0.2, 0.25) is 0 Å². The Morgan fingerprint density at radius 3 is 2.34 bits per heavy atom. The molecule has 3 rings (SSSR count). The summed E-state index contributed by atoms with van der Waals surface area (Å²) in [5, 5.41) is 16.1. The second kappa shape index (κ2) is 8.91. The Morgan fingerprint density at radius 2 is 1.72 bits per heavy atom. The fraction of sp³-hybridized carbons (Fsp3) is 0.158. The number of hydrogen-bond acceptors (Lipinski definition) is 8. The van der Waals surface area contributed by atoms with E-state index in [1.54, 1.807) is 24.3 Å². The van der Waals surface area contributed by atoms with Gasteiger partial charge in [-0.1, -0.05) is 12.1 Å². The van der Waals surface area contributed by atoms with Crippen LogP contribution in [0.25, 0.3) is 0 Å². The lowest BCUT2D eigenvalue weighted by molar-refractivity contribution is -0.387. The molecule has 0 radical (unpaired) electrons. The maximum Gasteiger partial charge on any atom is 0.421 e. The van der Waals surface area contributed by atoms with Gasteiger partial charge in [0.05, 0.1) is 30.5 Å². The molecule has 2 aromatic carbocycles. The van der Waals surface area contributed by atoms with E-state index in [1.807, 2.05) is 0 Å². The lowest BCUT2D eigenvalue weighted by Crippen LogP contribution is -2.13. The zero-order chi connectivity index (χ0) is 23.5. The van der Waals surface area contributed by atoms with Gasteiger partial charge in [-0.3, -0.25) is 10.1 Å². The minimum absolute atomic E-state index is 0.222. The van der Waals surface area contributed by atoms with Crippen molar-refractivity contribution >= 4 is 28.8 Å². The van der Waals surface area contributed by atoms with Crippen molar-refractivity contribution in [1.29, 1.82) is 0 Å². The average Bonchev–Trinajstić information content (AvgIpc) is 2.74. The number of alkyl halides is 3. The van der Waals surface area contributed by atoms with Gasteiger partial charge in [0.25, 0.3) is 0 Å². The molecule has 13 heteroatoms. The Bertz CT molecular complexity index is 1160. The molecule has 0 aliphatic carbocycles. The van der Waals surface area contributed by atoms with Crippen molar-refractivity contribution < 1.29 is 32.0 Å². The van der Waals surface area contributed by atoms with Crippen LogP contribution in [0.3, 0.4) is 0 Å². The summed E-state index contributed by atoms with van der Waals surface area (Å²) in [5.74, 6) is -2.04. The van der Waals surface area contributed by atoms with E-state index in [1.165, 1.54) is 7.11 Å². The van der Waals surface area contributed by atoms with Gasteiger partial charge in [-0.15, -0.1) is 0 Å². The zero-order valence-electron chi connectivity index (χ0n) is 16.5. The van der Waals surface area contributed by atoms with Crippen LogP contribution in [0, 0.1) is 15.9 Å². The standard InChI is InChI=1S/C19H15F4N5O4/c1-31-15-6-4-3-5-12(15)26-18-24-9-10(19(21,22)23)17(27-18)25-13-8-14(28(29)30)11(20)7-16(13)32-2/h3-9H,1-2H3,(H2,24,25,26,27). The van der Waals surface area contributed by atoms with Gasteiger partial charge in [0, 0.05) is 18.3 Å². The third kappa shape index (κ3) is 4.77. The number of hydrogen-bond donors (Lipinski definition) is 2. The second-order valence-electron chi connectivity index (χ2n) is 6.16. The summed E-state index contributed by atoms with van der Waals surface area (Å²) in [5.41, 5.74) is -2.12. The van der Waals surface area contributed by atoms with Gasteiger partial charge in [0.1, 0.15) is 22.9 Å². The quantitative estimate of drug-likeness (QED) is 0.291. The molecule has 0 saturated heterocycles. The third-order valence-corrected chi connectivity index (χ3v) is 4.17. The van der Waals surface area contributed by atoms with Gasteiger partial charge in [0.2, 0.25) is 11.8 Å². The van der Waals surface area contributed by atoms with Gasteiger partial charge < -0.3 is 20.1 Å². The maximum atomic E-state index is 13.9. The molecule has 9 nitrogen and oxygen atoms in total. The minimum Gasteiger partial charge on any atom is -0.495 e. The Hall–Kier alpha value is -4.16. The van der Waals surface area contributed by atoms with Crippen molar-refractivity contribution in [1.82, 2.24) is 9.97 Å². The summed E-state index contributed by atoms with van der Waals surface area (Å²) in [7, 11) is 2.54. The normalized spacial score (nSPS) is 11.1. The van der Waals surface area contributed by atoms with Crippen molar-refractivity contribution in [3.05, 3.63) is 64.1 Å². The van der Waals surface area contributed by atoms with Crippen LogP contribution in [-0.4, -0.2) is 29.1 Å². The number of nitro groups is 1. The molecule has 0 spiro atoms. The number of ether oxygens (including phenoxy) is 2. The van der Waals surface area contributed by atoms with Crippen LogP contribution in [0.5, 0.6) is 11.5 Å². The molecule has 0 aliphatic rings. The maximum absolute atomic E-state index is 13.9. The van der Waals surface area contributed by atoms with E-state index in [-0.39, 0.29) is 17.4 Å². The number of anilines is 4. The van der Waals surface area contributed by atoms with Gasteiger partial charge in [-0.2, -0.15) is 22.5 Å². The molecule has 32 heavy (non-hydrogen) atoms. The number of benzene rings is 2. The van der Waals surface area contributed by atoms with Crippen LogP contribution < -0.4 is 20.1 Å². The fourth-order valence-corrected chi connectivity index (χ4v) is 2.69. The van der Waals surface area contributed by atoms with Crippen molar-refractivity contribution in [3.8, 4) is 11.5 Å². The predicted octanol–water partition coefficient (Wildman–Crippen LogP) is 5.05. The van der Waals surface area contributed by atoms with Crippen molar-refractivity contribution in [2.24, 2.45) is 0 Å². The highest BCUT2D eigenvalue weighted by Crippen LogP contribution is 2.39. The van der Waals surface area contributed by atoms with Crippen molar-refractivity contribution in [2.75, 3.05) is 24.9 Å².